The third-order valence-electron chi connectivity index (χ3n) is 2.67. The molecule has 0 fully saturated rings. The Kier molecular flexibility index (Phi) is 6.79. The van der Waals surface area contributed by atoms with Crippen LogP contribution in [0, 0.1) is 11.8 Å². The highest BCUT2D eigenvalue weighted by molar-refractivity contribution is 5.57. The highest BCUT2D eigenvalue weighted by Crippen LogP contribution is 2.07. The van der Waals surface area contributed by atoms with Crippen LogP contribution in [0.15, 0.2) is 24.3 Å². The third-order valence-corrected chi connectivity index (χ3v) is 2.67. The van der Waals surface area contributed by atoms with E-state index in [1.807, 2.05) is 51.2 Å². The monoisotopic (exact) mass is 282 g/mol. The molecule has 0 amide bonds. The molecule has 21 heavy (non-hydrogen) atoms. The molecule has 4 nitrogen and oxygen atoms in total. The molecule has 0 atom stereocenters. The van der Waals surface area contributed by atoms with E-state index in [9.17, 15) is 0 Å². The third kappa shape index (κ3) is 4.51. The SMILES string of the molecule is C=c1[nH]nc(C#Cc2ccccc2N)/c1=C/CNC.CC. The van der Waals surface area contributed by atoms with Crippen molar-refractivity contribution in [2.24, 2.45) is 0 Å². The summed E-state index contributed by atoms with van der Waals surface area (Å²) in [5, 5.41) is 11.7. The fourth-order valence-electron chi connectivity index (χ4n) is 1.64. The number of para-hydroxylation sites is 1. The van der Waals surface area contributed by atoms with E-state index >= 15 is 0 Å². The van der Waals surface area contributed by atoms with E-state index in [2.05, 4.69) is 33.9 Å². The second-order valence-corrected chi connectivity index (χ2v) is 4.06. The van der Waals surface area contributed by atoms with Gasteiger partial charge in [0.25, 0.3) is 0 Å². The predicted octanol–water partition coefficient (Wildman–Crippen LogP) is 0.828. The van der Waals surface area contributed by atoms with Crippen LogP contribution in [0.2, 0.25) is 0 Å². The first-order valence-corrected chi connectivity index (χ1v) is 6.97. The number of nitrogens with one attached hydrogen (secondary N) is 2. The highest BCUT2D eigenvalue weighted by atomic mass is 15.1. The van der Waals surface area contributed by atoms with Crippen LogP contribution in [0.25, 0.3) is 12.7 Å². The Morgan fingerprint density at radius 2 is 2.05 bits per heavy atom. The zero-order valence-corrected chi connectivity index (χ0v) is 12.8. The van der Waals surface area contributed by atoms with Gasteiger partial charge in [0.1, 0.15) is 5.69 Å². The highest BCUT2D eigenvalue weighted by Gasteiger charge is 1.97. The number of hydrogen-bond acceptors (Lipinski definition) is 3. The first-order valence-electron chi connectivity index (χ1n) is 6.97. The summed E-state index contributed by atoms with van der Waals surface area (Å²) in [7, 11) is 1.88. The van der Waals surface area contributed by atoms with Gasteiger partial charge in [-0.2, -0.15) is 5.10 Å². The number of nitrogens with two attached hydrogens (primary N) is 1. The average molecular weight is 282 g/mol. The molecule has 1 aromatic carbocycles. The number of aromatic nitrogens is 2. The van der Waals surface area contributed by atoms with Gasteiger partial charge >= 0.3 is 0 Å². The summed E-state index contributed by atoms with van der Waals surface area (Å²) in [6.07, 6.45) is 2.00. The van der Waals surface area contributed by atoms with Gasteiger partial charge in [-0.15, -0.1) is 0 Å². The lowest BCUT2D eigenvalue weighted by Crippen LogP contribution is -2.24. The van der Waals surface area contributed by atoms with E-state index in [0.29, 0.717) is 11.4 Å². The van der Waals surface area contributed by atoms with Crippen molar-refractivity contribution in [2.75, 3.05) is 19.3 Å². The van der Waals surface area contributed by atoms with Crippen molar-refractivity contribution in [1.82, 2.24) is 15.5 Å². The van der Waals surface area contributed by atoms with Gasteiger partial charge in [-0.3, -0.25) is 5.10 Å². The molecule has 1 aromatic heterocycles. The maximum absolute atomic E-state index is 5.85. The van der Waals surface area contributed by atoms with E-state index in [1.165, 1.54) is 0 Å². The van der Waals surface area contributed by atoms with Crippen LogP contribution in [-0.2, 0) is 0 Å². The van der Waals surface area contributed by atoms with Crippen LogP contribution in [0.1, 0.15) is 25.1 Å². The summed E-state index contributed by atoms with van der Waals surface area (Å²) in [6, 6.07) is 7.51. The Hall–Kier alpha value is -2.51. The number of H-pyrrole nitrogens is 1. The molecule has 0 saturated heterocycles. The first kappa shape index (κ1) is 16.5. The molecule has 1 heterocycles. The molecule has 0 bridgehead atoms. The molecule has 0 aliphatic heterocycles. The van der Waals surface area contributed by atoms with Crippen LogP contribution in [-0.4, -0.2) is 23.8 Å². The average Bonchev–Trinajstić information content (AvgIpc) is 2.87. The molecular weight excluding hydrogens is 260 g/mol. The Bertz CT molecular complexity index is 732. The smallest absolute Gasteiger partial charge is 0.142 e. The summed E-state index contributed by atoms with van der Waals surface area (Å²) in [6.45, 7) is 8.64. The standard InChI is InChI=1S/C15H16N4.C2H6/c1-11-13(9-10-17-2)15(19-18-11)8-7-12-5-3-4-6-14(12)16;1-2/h3-6,9,17-18H,1,10,16H2,2H3;1-2H3/b13-9+;. The topological polar surface area (TPSA) is 66.7 Å². The summed E-state index contributed by atoms with van der Waals surface area (Å²) >= 11 is 0. The van der Waals surface area contributed by atoms with E-state index in [0.717, 1.165) is 22.7 Å². The number of rotatable bonds is 2. The van der Waals surface area contributed by atoms with Crippen molar-refractivity contribution >= 4 is 18.3 Å². The van der Waals surface area contributed by atoms with Crippen LogP contribution < -0.4 is 21.6 Å². The Labute approximate surface area is 125 Å². The summed E-state index contributed by atoms with van der Waals surface area (Å²) < 4.78 is 0. The van der Waals surface area contributed by atoms with Gasteiger partial charge in [-0.05, 0) is 25.1 Å². The zero-order valence-electron chi connectivity index (χ0n) is 12.8. The number of nitrogen functional groups attached to an aromatic ring is 1. The maximum atomic E-state index is 5.85. The van der Waals surface area contributed by atoms with Gasteiger partial charge < -0.3 is 11.1 Å². The molecular formula is C17H22N4. The van der Waals surface area contributed by atoms with Crippen LogP contribution >= 0.6 is 0 Å². The van der Waals surface area contributed by atoms with Gasteiger partial charge in [-0.25, -0.2) is 0 Å². The molecule has 0 aliphatic carbocycles. The van der Waals surface area contributed by atoms with Gasteiger partial charge in [0, 0.05) is 23.0 Å². The lowest BCUT2D eigenvalue weighted by Gasteiger charge is -1.94. The van der Waals surface area contributed by atoms with E-state index in [4.69, 9.17) is 5.73 Å². The Morgan fingerprint density at radius 3 is 2.71 bits per heavy atom. The number of aromatic amines is 1. The second-order valence-electron chi connectivity index (χ2n) is 4.06. The van der Waals surface area contributed by atoms with Gasteiger partial charge in [0.05, 0.1) is 5.35 Å². The fraction of sp³-hybridized carbons (Fsp3) is 0.235. The minimum absolute atomic E-state index is 0.668. The summed E-state index contributed by atoms with van der Waals surface area (Å²) in [5.74, 6) is 6.06. The normalized spacial score (nSPS) is 10.3. The van der Waals surface area contributed by atoms with Gasteiger partial charge in [0.2, 0.25) is 0 Å². The fourth-order valence-corrected chi connectivity index (χ4v) is 1.64. The largest absolute Gasteiger partial charge is 0.398 e. The Balaban J connectivity index is 0.00000106. The molecule has 110 valence electrons. The van der Waals surface area contributed by atoms with Crippen molar-refractivity contribution in [1.29, 1.82) is 0 Å². The molecule has 2 aromatic rings. The molecule has 0 saturated carbocycles. The van der Waals surface area contributed by atoms with Crippen molar-refractivity contribution in [3.05, 3.63) is 46.1 Å². The van der Waals surface area contributed by atoms with Gasteiger partial charge in [0.15, 0.2) is 0 Å². The lowest BCUT2D eigenvalue weighted by atomic mass is 10.2. The van der Waals surface area contributed by atoms with Crippen molar-refractivity contribution in [3.63, 3.8) is 0 Å². The van der Waals surface area contributed by atoms with Crippen molar-refractivity contribution in [2.45, 2.75) is 13.8 Å². The molecule has 2 rings (SSSR count). The number of benzene rings is 1. The van der Waals surface area contributed by atoms with E-state index in [-0.39, 0.29) is 0 Å². The number of anilines is 1. The molecule has 0 unspecified atom stereocenters. The first-order chi connectivity index (χ1) is 10.2. The zero-order chi connectivity index (χ0) is 15.7. The molecule has 4 N–H and O–H groups in total. The second kappa shape index (κ2) is 8.62. The maximum Gasteiger partial charge on any atom is 0.142 e. The van der Waals surface area contributed by atoms with E-state index < -0.39 is 0 Å². The van der Waals surface area contributed by atoms with Crippen LogP contribution in [0.3, 0.4) is 0 Å². The summed E-state index contributed by atoms with van der Waals surface area (Å²) in [4.78, 5) is 0. The quantitative estimate of drug-likeness (QED) is 0.564. The van der Waals surface area contributed by atoms with Crippen LogP contribution in [0.4, 0.5) is 5.69 Å². The van der Waals surface area contributed by atoms with Crippen molar-refractivity contribution < 1.29 is 0 Å². The lowest BCUT2D eigenvalue weighted by molar-refractivity contribution is 0.944. The summed E-state index contributed by atoms with van der Waals surface area (Å²) in [5.41, 5.74) is 8.00. The van der Waals surface area contributed by atoms with Crippen LogP contribution in [0.5, 0.6) is 0 Å². The molecule has 0 aliphatic rings. The molecule has 4 heteroatoms. The van der Waals surface area contributed by atoms with Gasteiger partial charge in [-0.1, -0.05) is 44.6 Å². The van der Waals surface area contributed by atoms with Crippen molar-refractivity contribution in [3.8, 4) is 11.8 Å². The molecule has 0 spiro atoms. The predicted molar refractivity (Wildman–Crippen MR) is 89.9 cm³/mol. The Morgan fingerprint density at radius 1 is 1.33 bits per heavy atom. The minimum atomic E-state index is 0.668. The number of nitrogens with zero attached hydrogens (tertiary/aromatic N) is 1. The molecule has 0 radical (unpaired) electrons. The van der Waals surface area contributed by atoms with E-state index in [1.54, 1.807) is 0 Å². The minimum Gasteiger partial charge on any atom is -0.398 e. The number of hydrogen-bond donors (Lipinski definition) is 3.